The van der Waals surface area contributed by atoms with Crippen molar-refractivity contribution in [3.8, 4) is 17.1 Å². The highest BCUT2D eigenvalue weighted by molar-refractivity contribution is 5.94. The summed E-state index contributed by atoms with van der Waals surface area (Å²) in [6.07, 6.45) is -0.528. The first-order valence-electron chi connectivity index (χ1n) is 10.8. The van der Waals surface area contributed by atoms with Crippen molar-refractivity contribution in [2.75, 3.05) is 39.3 Å². The Morgan fingerprint density at radius 1 is 1.06 bits per heavy atom. The summed E-state index contributed by atoms with van der Waals surface area (Å²) in [5.41, 5.74) is 2.56. The molecule has 3 aromatic rings. The van der Waals surface area contributed by atoms with Crippen LogP contribution in [0.15, 0.2) is 48.5 Å². The van der Waals surface area contributed by atoms with Gasteiger partial charge in [-0.3, -0.25) is 4.79 Å². The van der Waals surface area contributed by atoms with Crippen LogP contribution in [0.5, 0.6) is 5.75 Å². The molecule has 0 bridgehead atoms. The Morgan fingerprint density at radius 2 is 1.79 bits per heavy atom. The zero-order valence-electron chi connectivity index (χ0n) is 18.7. The molecule has 0 aliphatic carbocycles. The first kappa shape index (κ1) is 21.4. The van der Waals surface area contributed by atoms with Crippen LogP contribution >= 0.6 is 0 Å². The third-order valence-corrected chi connectivity index (χ3v) is 6.14. The number of nitrogens with zero attached hydrogens (tertiary/aromatic N) is 5. The van der Waals surface area contributed by atoms with Gasteiger partial charge in [0.1, 0.15) is 24.0 Å². The van der Waals surface area contributed by atoms with Crippen LogP contribution in [0.2, 0.25) is 0 Å². The molecule has 1 amide bonds. The molecule has 0 radical (unpaired) electrons. The molecule has 5 rings (SSSR count). The number of carbonyl (C=O) groups is 1. The second-order valence-electron chi connectivity index (χ2n) is 8.36. The smallest absolute Gasteiger partial charge is 0.251 e. The van der Waals surface area contributed by atoms with Crippen molar-refractivity contribution < 1.29 is 19.0 Å². The summed E-state index contributed by atoms with van der Waals surface area (Å²) in [7, 11) is 5.58. The van der Waals surface area contributed by atoms with Gasteiger partial charge in [-0.25, -0.2) is 4.68 Å². The monoisotopic (exact) mass is 450 g/mol. The lowest BCUT2D eigenvalue weighted by Crippen LogP contribution is -2.44. The summed E-state index contributed by atoms with van der Waals surface area (Å²) in [6.45, 7) is 0.765. The minimum atomic E-state index is -0.273. The molecular weight excluding hydrogens is 424 g/mol. The molecule has 4 atom stereocenters. The Morgan fingerprint density at radius 3 is 2.48 bits per heavy atom. The zero-order valence-corrected chi connectivity index (χ0v) is 18.7. The SMILES string of the molecule is COc1ccc(C(=O)NC2COC3C2OCC3n2nnnc2-c2ccc(N(C)C)cc2)cc1. The quantitative estimate of drug-likeness (QED) is 0.603. The van der Waals surface area contributed by atoms with Crippen molar-refractivity contribution in [1.29, 1.82) is 0 Å². The van der Waals surface area contributed by atoms with Gasteiger partial charge in [0, 0.05) is 30.9 Å². The van der Waals surface area contributed by atoms with Crippen LogP contribution < -0.4 is 15.0 Å². The lowest BCUT2D eigenvalue weighted by Gasteiger charge is -2.18. The Kier molecular flexibility index (Phi) is 5.69. The lowest BCUT2D eigenvalue weighted by molar-refractivity contribution is 0.0615. The number of ether oxygens (including phenoxy) is 3. The van der Waals surface area contributed by atoms with Gasteiger partial charge in [-0.2, -0.15) is 0 Å². The number of aromatic nitrogens is 4. The van der Waals surface area contributed by atoms with Gasteiger partial charge in [0.25, 0.3) is 5.91 Å². The predicted octanol–water partition coefficient (Wildman–Crippen LogP) is 1.55. The van der Waals surface area contributed by atoms with E-state index in [9.17, 15) is 4.79 Å². The third-order valence-electron chi connectivity index (χ3n) is 6.14. The van der Waals surface area contributed by atoms with Crippen molar-refractivity contribution in [2.45, 2.75) is 24.3 Å². The van der Waals surface area contributed by atoms with Crippen molar-refractivity contribution in [1.82, 2.24) is 25.5 Å². The number of benzene rings is 2. The summed E-state index contributed by atoms with van der Waals surface area (Å²) >= 11 is 0. The number of amides is 1. The second kappa shape index (κ2) is 8.80. The molecule has 3 heterocycles. The van der Waals surface area contributed by atoms with Crippen molar-refractivity contribution >= 4 is 11.6 Å². The van der Waals surface area contributed by atoms with Gasteiger partial charge >= 0.3 is 0 Å². The molecule has 1 aromatic heterocycles. The predicted molar refractivity (Wildman–Crippen MR) is 120 cm³/mol. The summed E-state index contributed by atoms with van der Waals surface area (Å²) in [6, 6.07) is 14.6. The van der Waals surface area contributed by atoms with Crippen molar-refractivity contribution in [2.24, 2.45) is 0 Å². The van der Waals surface area contributed by atoms with Crippen LogP contribution in [0, 0.1) is 0 Å². The Hall–Kier alpha value is -3.50. The van der Waals surface area contributed by atoms with Gasteiger partial charge in [-0.05, 0) is 59.0 Å². The summed E-state index contributed by atoms with van der Waals surface area (Å²) < 4.78 is 19.0. The number of tetrazole rings is 1. The maximum atomic E-state index is 12.7. The molecule has 2 fully saturated rings. The van der Waals surface area contributed by atoms with E-state index in [1.165, 1.54) is 0 Å². The molecule has 33 heavy (non-hydrogen) atoms. The molecule has 1 N–H and O–H groups in total. The second-order valence-corrected chi connectivity index (χ2v) is 8.36. The fourth-order valence-electron chi connectivity index (χ4n) is 4.32. The van der Waals surface area contributed by atoms with Crippen LogP contribution in [-0.2, 0) is 9.47 Å². The largest absolute Gasteiger partial charge is 0.497 e. The summed E-state index contributed by atoms with van der Waals surface area (Å²) in [5.74, 6) is 1.18. The minimum absolute atomic E-state index is 0.178. The van der Waals surface area contributed by atoms with Gasteiger partial charge < -0.3 is 24.4 Å². The fourth-order valence-corrected chi connectivity index (χ4v) is 4.32. The van der Waals surface area contributed by atoms with E-state index in [1.54, 1.807) is 36.1 Å². The van der Waals surface area contributed by atoms with E-state index in [-0.39, 0.29) is 30.2 Å². The summed E-state index contributed by atoms with van der Waals surface area (Å²) in [4.78, 5) is 14.7. The van der Waals surface area contributed by atoms with Crippen LogP contribution in [0.3, 0.4) is 0 Å². The highest BCUT2D eigenvalue weighted by atomic mass is 16.6. The molecule has 2 aliphatic heterocycles. The number of methoxy groups -OCH3 is 1. The number of hydrogen-bond acceptors (Lipinski definition) is 8. The standard InChI is InChI=1S/C23H26N6O4/c1-28(2)16-8-4-14(5-9-16)22-25-26-27-29(22)19-13-33-20-18(12-32-21(19)20)24-23(30)15-6-10-17(31-3)11-7-15/h4-11,18-21H,12-13H2,1-3H3,(H,24,30). The van der Waals surface area contributed by atoms with Crippen LogP contribution in [0.1, 0.15) is 16.4 Å². The number of rotatable bonds is 6. The van der Waals surface area contributed by atoms with E-state index in [1.807, 2.05) is 43.3 Å². The zero-order chi connectivity index (χ0) is 22.9. The topological polar surface area (TPSA) is 104 Å². The molecule has 2 aliphatic rings. The maximum absolute atomic E-state index is 12.7. The number of anilines is 1. The molecule has 0 saturated carbocycles. The third kappa shape index (κ3) is 4.03. The van der Waals surface area contributed by atoms with Gasteiger partial charge in [-0.1, -0.05) is 0 Å². The maximum Gasteiger partial charge on any atom is 0.251 e. The molecule has 10 heteroatoms. The molecule has 2 saturated heterocycles. The Labute approximate surface area is 191 Å². The van der Waals surface area contributed by atoms with E-state index < -0.39 is 0 Å². The molecular formula is C23H26N6O4. The van der Waals surface area contributed by atoms with Crippen molar-refractivity contribution in [3.05, 3.63) is 54.1 Å². The molecule has 10 nitrogen and oxygen atoms in total. The number of hydrogen-bond donors (Lipinski definition) is 1. The first-order valence-corrected chi connectivity index (χ1v) is 10.8. The van der Waals surface area contributed by atoms with E-state index in [4.69, 9.17) is 14.2 Å². The van der Waals surface area contributed by atoms with Gasteiger partial charge in [0.2, 0.25) is 0 Å². The average molecular weight is 450 g/mol. The Balaban J connectivity index is 1.29. The Bertz CT molecular complexity index is 1110. The van der Waals surface area contributed by atoms with Crippen LogP contribution in [0.4, 0.5) is 5.69 Å². The molecule has 0 spiro atoms. The van der Waals surface area contributed by atoms with E-state index >= 15 is 0 Å². The molecule has 2 aromatic carbocycles. The van der Waals surface area contributed by atoms with Crippen molar-refractivity contribution in [3.63, 3.8) is 0 Å². The van der Waals surface area contributed by atoms with Gasteiger partial charge in [-0.15, -0.1) is 5.10 Å². The average Bonchev–Trinajstić information content (AvgIpc) is 3.56. The van der Waals surface area contributed by atoms with E-state index in [0.717, 1.165) is 11.3 Å². The van der Waals surface area contributed by atoms with Crippen LogP contribution in [0.25, 0.3) is 11.4 Å². The van der Waals surface area contributed by atoms with E-state index in [2.05, 4.69) is 20.8 Å². The van der Waals surface area contributed by atoms with E-state index in [0.29, 0.717) is 30.4 Å². The summed E-state index contributed by atoms with van der Waals surface area (Å²) in [5, 5.41) is 15.4. The molecule has 172 valence electrons. The number of carbonyl (C=O) groups excluding carboxylic acids is 1. The number of nitrogens with one attached hydrogen (secondary N) is 1. The normalized spacial score (nSPS) is 23.8. The van der Waals surface area contributed by atoms with Gasteiger partial charge in [0.15, 0.2) is 5.82 Å². The number of fused-ring (bicyclic) bond motifs is 1. The first-order chi connectivity index (χ1) is 16.0. The lowest BCUT2D eigenvalue weighted by atomic mass is 10.1. The van der Waals surface area contributed by atoms with Gasteiger partial charge in [0.05, 0.1) is 26.4 Å². The van der Waals surface area contributed by atoms with Crippen LogP contribution in [-0.4, -0.2) is 78.8 Å². The minimum Gasteiger partial charge on any atom is -0.497 e. The highest BCUT2D eigenvalue weighted by Gasteiger charge is 2.50. The molecule has 4 unspecified atom stereocenters. The fraction of sp³-hybridized carbons (Fsp3) is 0.391. The highest BCUT2D eigenvalue weighted by Crippen LogP contribution is 2.36.